The summed E-state index contributed by atoms with van der Waals surface area (Å²) in [5, 5.41) is 3.07. The Morgan fingerprint density at radius 3 is 2.32 bits per heavy atom. The van der Waals surface area contributed by atoms with Crippen molar-refractivity contribution in [2.45, 2.75) is 51.1 Å². The molecule has 8 heteroatoms. The fourth-order valence-corrected chi connectivity index (χ4v) is 4.53. The summed E-state index contributed by atoms with van der Waals surface area (Å²) in [6, 6.07) is 0.417. The molecular formula is C14H28ClN3O3S. The quantitative estimate of drug-likeness (QED) is 0.761. The second-order valence-electron chi connectivity index (χ2n) is 6.43. The summed E-state index contributed by atoms with van der Waals surface area (Å²) in [4.78, 5) is 12.1. The lowest BCUT2D eigenvalue weighted by Gasteiger charge is -2.45. The number of fused-ring (bicyclic) bond motifs is 2. The number of nitrogens with one attached hydrogen (secondary N) is 1. The normalized spacial score (nSPS) is 31.5. The van der Waals surface area contributed by atoms with Crippen LogP contribution in [-0.4, -0.2) is 50.1 Å². The van der Waals surface area contributed by atoms with Crippen LogP contribution in [0.1, 0.15) is 39.0 Å². The van der Waals surface area contributed by atoms with Crippen LogP contribution in [0.4, 0.5) is 0 Å². The molecule has 0 radical (unpaired) electrons. The standard InChI is InChI=1S/C14H27N3O3S.ClH/c1-3-21(19,20)17(2)9-13(18)16-14-10-5-4-6-11(14)8-12(15)7-10;/h10-12,14H,3-9,15H2,1-2H3,(H,16,18);1H. The van der Waals surface area contributed by atoms with Gasteiger partial charge < -0.3 is 11.1 Å². The maximum atomic E-state index is 12.1. The van der Waals surface area contributed by atoms with E-state index in [1.54, 1.807) is 6.92 Å². The summed E-state index contributed by atoms with van der Waals surface area (Å²) in [5.41, 5.74) is 6.07. The van der Waals surface area contributed by atoms with Gasteiger partial charge in [0, 0.05) is 19.1 Å². The van der Waals surface area contributed by atoms with Crippen molar-refractivity contribution in [1.82, 2.24) is 9.62 Å². The monoisotopic (exact) mass is 353 g/mol. The third-order valence-corrected chi connectivity index (χ3v) is 6.72. The van der Waals surface area contributed by atoms with E-state index >= 15 is 0 Å². The Kier molecular flexibility index (Phi) is 7.11. The number of carbonyl (C=O) groups excluding carboxylic acids is 1. The van der Waals surface area contributed by atoms with Crippen LogP contribution in [0, 0.1) is 11.8 Å². The molecule has 0 aromatic heterocycles. The lowest BCUT2D eigenvalue weighted by atomic mass is 9.67. The van der Waals surface area contributed by atoms with Gasteiger partial charge in [-0.2, -0.15) is 4.31 Å². The number of hydrogen-bond acceptors (Lipinski definition) is 4. The van der Waals surface area contributed by atoms with E-state index in [2.05, 4.69) is 5.32 Å². The number of carbonyl (C=O) groups is 1. The van der Waals surface area contributed by atoms with Crippen molar-refractivity contribution in [2.75, 3.05) is 19.3 Å². The third kappa shape index (κ3) is 4.57. The van der Waals surface area contributed by atoms with E-state index in [0.29, 0.717) is 11.8 Å². The largest absolute Gasteiger partial charge is 0.352 e. The predicted molar refractivity (Wildman–Crippen MR) is 89.3 cm³/mol. The van der Waals surface area contributed by atoms with Gasteiger partial charge in [-0.05, 0) is 44.4 Å². The van der Waals surface area contributed by atoms with Crippen LogP contribution in [0.15, 0.2) is 0 Å². The van der Waals surface area contributed by atoms with Gasteiger partial charge in [0.25, 0.3) is 0 Å². The van der Waals surface area contributed by atoms with Gasteiger partial charge in [-0.15, -0.1) is 12.4 Å². The maximum Gasteiger partial charge on any atom is 0.235 e. The average Bonchev–Trinajstić information content (AvgIpc) is 2.39. The van der Waals surface area contributed by atoms with Gasteiger partial charge in [0.1, 0.15) is 0 Å². The number of nitrogens with zero attached hydrogens (tertiary/aromatic N) is 1. The molecule has 130 valence electrons. The van der Waals surface area contributed by atoms with E-state index in [4.69, 9.17) is 5.73 Å². The molecule has 6 nitrogen and oxygen atoms in total. The van der Waals surface area contributed by atoms with Crippen molar-refractivity contribution in [1.29, 1.82) is 0 Å². The first-order valence-electron chi connectivity index (χ1n) is 7.82. The molecular weight excluding hydrogens is 326 g/mol. The lowest BCUT2D eigenvalue weighted by molar-refractivity contribution is -0.123. The molecule has 2 aliphatic carbocycles. The number of hydrogen-bond donors (Lipinski definition) is 2. The van der Waals surface area contributed by atoms with Gasteiger partial charge >= 0.3 is 0 Å². The molecule has 2 unspecified atom stereocenters. The minimum atomic E-state index is -3.31. The second kappa shape index (κ2) is 7.95. The summed E-state index contributed by atoms with van der Waals surface area (Å²) in [6.45, 7) is 1.48. The van der Waals surface area contributed by atoms with Gasteiger partial charge in [-0.3, -0.25) is 4.79 Å². The van der Waals surface area contributed by atoms with Crippen molar-refractivity contribution in [3.05, 3.63) is 0 Å². The molecule has 2 aliphatic rings. The minimum absolute atomic E-state index is 0. The average molecular weight is 354 g/mol. The zero-order valence-corrected chi connectivity index (χ0v) is 15.0. The van der Waals surface area contributed by atoms with E-state index in [9.17, 15) is 13.2 Å². The molecule has 2 atom stereocenters. The third-order valence-electron chi connectivity index (χ3n) is 4.91. The molecule has 0 spiro atoms. The summed E-state index contributed by atoms with van der Waals surface area (Å²) in [6.07, 6.45) is 5.35. The van der Waals surface area contributed by atoms with Crippen LogP contribution < -0.4 is 11.1 Å². The zero-order chi connectivity index (χ0) is 15.6. The van der Waals surface area contributed by atoms with E-state index in [1.165, 1.54) is 13.5 Å². The van der Waals surface area contributed by atoms with Crippen LogP contribution in [0.25, 0.3) is 0 Å². The smallest absolute Gasteiger partial charge is 0.235 e. The highest BCUT2D eigenvalue weighted by atomic mass is 35.5. The number of sulfonamides is 1. The molecule has 3 N–H and O–H groups in total. The first-order chi connectivity index (χ1) is 9.83. The Morgan fingerprint density at radius 1 is 1.27 bits per heavy atom. The van der Waals surface area contributed by atoms with Crippen LogP contribution >= 0.6 is 12.4 Å². The van der Waals surface area contributed by atoms with Gasteiger partial charge in [0.05, 0.1) is 12.3 Å². The Hall–Kier alpha value is -0.370. The molecule has 0 aliphatic heterocycles. The molecule has 0 aromatic carbocycles. The summed E-state index contributed by atoms with van der Waals surface area (Å²) in [5.74, 6) is 0.710. The Labute approximate surface area is 139 Å². The fraction of sp³-hybridized carbons (Fsp3) is 0.929. The van der Waals surface area contributed by atoms with Crippen molar-refractivity contribution < 1.29 is 13.2 Å². The highest BCUT2D eigenvalue weighted by Gasteiger charge is 2.40. The first kappa shape index (κ1) is 19.7. The van der Waals surface area contributed by atoms with Crippen molar-refractivity contribution >= 4 is 28.3 Å². The molecule has 0 aromatic rings. The lowest BCUT2D eigenvalue weighted by Crippen LogP contribution is -2.55. The van der Waals surface area contributed by atoms with Crippen molar-refractivity contribution in [2.24, 2.45) is 17.6 Å². The Bertz CT molecular complexity index is 472. The predicted octanol–water partition coefficient (Wildman–Crippen LogP) is 0.712. The van der Waals surface area contributed by atoms with Crippen LogP contribution in [0.2, 0.25) is 0 Å². The van der Waals surface area contributed by atoms with E-state index < -0.39 is 10.0 Å². The molecule has 2 bridgehead atoms. The van der Waals surface area contributed by atoms with E-state index in [0.717, 1.165) is 30.0 Å². The van der Waals surface area contributed by atoms with Gasteiger partial charge in [0.2, 0.25) is 15.9 Å². The van der Waals surface area contributed by atoms with Gasteiger partial charge in [-0.25, -0.2) is 8.42 Å². The molecule has 0 heterocycles. The van der Waals surface area contributed by atoms with Crippen molar-refractivity contribution in [3.8, 4) is 0 Å². The topological polar surface area (TPSA) is 92.5 Å². The Balaban J connectivity index is 0.00000242. The second-order valence-corrected chi connectivity index (χ2v) is 8.80. The minimum Gasteiger partial charge on any atom is -0.352 e. The van der Waals surface area contributed by atoms with Crippen LogP contribution in [0.5, 0.6) is 0 Å². The molecule has 0 saturated heterocycles. The Morgan fingerprint density at radius 2 is 1.82 bits per heavy atom. The van der Waals surface area contributed by atoms with Gasteiger partial charge in [-0.1, -0.05) is 6.42 Å². The summed E-state index contributed by atoms with van der Waals surface area (Å²) >= 11 is 0. The molecule has 2 rings (SSSR count). The highest BCUT2D eigenvalue weighted by Crippen LogP contribution is 2.39. The van der Waals surface area contributed by atoms with Crippen molar-refractivity contribution in [3.63, 3.8) is 0 Å². The highest BCUT2D eigenvalue weighted by molar-refractivity contribution is 7.89. The molecule has 2 fully saturated rings. The molecule has 1 amide bonds. The number of halogens is 1. The van der Waals surface area contributed by atoms with Gasteiger partial charge in [0.15, 0.2) is 0 Å². The number of amides is 1. The number of nitrogens with two attached hydrogens (primary N) is 1. The summed E-state index contributed by atoms with van der Waals surface area (Å²) in [7, 11) is -1.85. The van der Waals surface area contributed by atoms with Crippen LogP contribution in [0.3, 0.4) is 0 Å². The number of likely N-dealkylation sites (N-methyl/N-ethyl adjacent to an activating group) is 1. The first-order valence-corrected chi connectivity index (χ1v) is 9.43. The zero-order valence-electron chi connectivity index (χ0n) is 13.3. The van der Waals surface area contributed by atoms with Crippen LogP contribution in [-0.2, 0) is 14.8 Å². The molecule has 22 heavy (non-hydrogen) atoms. The van der Waals surface area contributed by atoms with E-state index in [-0.39, 0.29) is 42.7 Å². The van der Waals surface area contributed by atoms with E-state index in [1.807, 2.05) is 0 Å². The molecule has 2 saturated carbocycles. The number of rotatable bonds is 5. The fourth-order valence-electron chi connectivity index (χ4n) is 3.78. The SMILES string of the molecule is CCS(=O)(=O)N(C)CC(=O)NC1C2CCCC1CC(N)C2.Cl. The summed E-state index contributed by atoms with van der Waals surface area (Å²) < 4.78 is 24.5. The maximum absolute atomic E-state index is 12.1.